The highest BCUT2D eigenvalue weighted by Crippen LogP contribution is 2.28. The van der Waals surface area contributed by atoms with Gasteiger partial charge in [0.05, 0.1) is 22.5 Å². The van der Waals surface area contributed by atoms with Gasteiger partial charge in [-0.15, -0.1) is 0 Å². The quantitative estimate of drug-likeness (QED) is 0.667. The zero-order valence-corrected chi connectivity index (χ0v) is 13.6. The van der Waals surface area contributed by atoms with Crippen molar-refractivity contribution in [1.82, 2.24) is 14.9 Å². The summed E-state index contributed by atoms with van der Waals surface area (Å²) in [6.07, 6.45) is 1.44. The van der Waals surface area contributed by atoms with Crippen LogP contribution in [-0.4, -0.2) is 33.7 Å². The third-order valence-corrected chi connectivity index (χ3v) is 4.19. The first-order valence-corrected chi connectivity index (χ1v) is 7.47. The Kier molecular flexibility index (Phi) is 3.92. The van der Waals surface area contributed by atoms with E-state index in [0.29, 0.717) is 16.9 Å². The van der Waals surface area contributed by atoms with Gasteiger partial charge in [-0.1, -0.05) is 12.1 Å². The van der Waals surface area contributed by atoms with E-state index < -0.39 is 17.7 Å². The standard InChI is InChI=1S/C18H13N5O2/c1-10-12(17(24)23(2)18(25)13(10)9-20)7-11(8-19)16-21-14-5-3-4-6-15(14)22-16/h3-7,12H,1-2H3,(H,21,22)/b11-7+/t12-/m1/s1. The maximum atomic E-state index is 12.4. The van der Waals surface area contributed by atoms with Crippen LogP contribution in [0.2, 0.25) is 0 Å². The number of nitriles is 2. The van der Waals surface area contributed by atoms with Crippen molar-refractivity contribution in [2.75, 3.05) is 7.05 Å². The number of nitrogens with one attached hydrogen (secondary N) is 1. The van der Waals surface area contributed by atoms with Gasteiger partial charge in [0.2, 0.25) is 5.91 Å². The number of hydrogen-bond donors (Lipinski definition) is 1. The molecule has 1 aliphatic heterocycles. The number of imidazole rings is 1. The number of imide groups is 1. The third kappa shape index (κ3) is 2.58. The monoisotopic (exact) mass is 331 g/mol. The van der Waals surface area contributed by atoms with Gasteiger partial charge in [0, 0.05) is 7.05 Å². The van der Waals surface area contributed by atoms with Gasteiger partial charge in [-0.05, 0) is 30.7 Å². The number of carbonyl (C=O) groups excluding carboxylic acids is 2. The first kappa shape index (κ1) is 16.2. The van der Waals surface area contributed by atoms with Gasteiger partial charge in [-0.2, -0.15) is 10.5 Å². The average molecular weight is 331 g/mol. The summed E-state index contributed by atoms with van der Waals surface area (Å²) >= 11 is 0. The van der Waals surface area contributed by atoms with E-state index in [1.807, 2.05) is 36.4 Å². The highest BCUT2D eigenvalue weighted by molar-refractivity contribution is 6.12. The molecule has 0 fully saturated rings. The lowest BCUT2D eigenvalue weighted by Gasteiger charge is -2.27. The number of para-hydroxylation sites is 2. The molecule has 0 saturated heterocycles. The molecule has 1 aliphatic rings. The molecule has 1 N–H and O–H groups in total. The van der Waals surface area contributed by atoms with Gasteiger partial charge in [-0.3, -0.25) is 14.5 Å². The number of amides is 2. The van der Waals surface area contributed by atoms with E-state index in [0.717, 1.165) is 10.4 Å². The predicted octanol–water partition coefficient (Wildman–Crippen LogP) is 1.92. The number of rotatable bonds is 2. The maximum absolute atomic E-state index is 12.4. The fourth-order valence-electron chi connectivity index (χ4n) is 2.73. The molecule has 0 bridgehead atoms. The van der Waals surface area contributed by atoms with Crippen LogP contribution in [0, 0.1) is 28.6 Å². The summed E-state index contributed by atoms with van der Waals surface area (Å²) in [4.78, 5) is 32.7. The van der Waals surface area contributed by atoms with Crippen LogP contribution in [0.25, 0.3) is 16.6 Å². The van der Waals surface area contributed by atoms with Crippen LogP contribution in [-0.2, 0) is 9.59 Å². The van der Waals surface area contributed by atoms with Crippen LogP contribution in [0.3, 0.4) is 0 Å². The Labute approximate surface area is 143 Å². The zero-order chi connectivity index (χ0) is 18.1. The Morgan fingerprint density at radius 1 is 1.32 bits per heavy atom. The molecule has 3 rings (SSSR count). The molecule has 2 amide bonds. The van der Waals surface area contributed by atoms with Crippen molar-refractivity contribution < 1.29 is 9.59 Å². The van der Waals surface area contributed by atoms with E-state index >= 15 is 0 Å². The van der Waals surface area contributed by atoms with E-state index in [4.69, 9.17) is 0 Å². The lowest BCUT2D eigenvalue weighted by Crippen LogP contribution is -2.43. The summed E-state index contributed by atoms with van der Waals surface area (Å²) in [5.74, 6) is -1.63. The number of H-pyrrole nitrogens is 1. The molecule has 25 heavy (non-hydrogen) atoms. The van der Waals surface area contributed by atoms with E-state index in [9.17, 15) is 20.1 Å². The van der Waals surface area contributed by atoms with Crippen molar-refractivity contribution >= 4 is 28.4 Å². The Balaban J connectivity index is 2.12. The Bertz CT molecular complexity index is 1010. The van der Waals surface area contributed by atoms with Crippen LogP contribution < -0.4 is 0 Å². The molecule has 7 nitrogen and oxygen atoms in total. The Morgan fingerprint density at radius 3 is 2.68 bits per heavy atom. The van der Waals surface area contributed by atoms with Gasteiger partial charge >= 0.3 is 0 Å². The first-order chi connectivity index (χ1) is 12.0. The molecular weight excluding hydrogens is 318 g/mol. The summed E-state index contributed by atoms with van der Waals surface area (Å²) in [5.41, 5.74) is 1.90. The van der Waals surface area contributed by atoms with Gasteiger partial charge < -0.3 is 4.98 Å². The van der Waals surface area contributed by atoms with Crippen molar-refractivity contribution in [3.05, 3.63) is 47.3 Å². The van der Waals surface area contributed by atoms with Crippen molar-refractivity contribution in [1.29, 1.82) is 10.5 Å². The summed E-state index contributed by atoms with van der Waals surface area (Å²) < 4.78 is 0. The second-order valence-corrected chi connectivity index (χ2v) is 5.64. The molecule has 1 aromatic heterocycles. The fourth-order valence-corrected chi connectivity index (χ4v) is 2.73. The maximum Gasteiger partial charge on any atom is 0.270 e. The molecule has 0 aliphatic carbocycles. The van der Waals surface area contributed by atoms with Gasteiger partial charge in [0.1, 0.15) is 23.5 Å². The van der Waals surface area contributed by atoms with E-state index in [1.165, 1.54) is 13.1 Å². The molecule has 1 aromatic carbocycles. The number of hydrogen-bond acceptors (Lipinski definition) is 5. The van der Waals surface area contributed by atoms with Crippen molar-refractivity contribution in [3.8, 4) is 12.1 Å². The minimum Gasteiger partial charge on any atom is -0.337 e. The fraction of sp³-hybridized carbons (Fsp3) is 0.167. The zero-order valence-electron chi connectivity index (χ0n) is 13.6. The molecule has 2 aromatic rings. The molecular formula is C18H13N5O2. The first-order valence-electron chi connectivity index (χ1n) is 7.47. The van der Waals surface area contributed by atoms with Crippen molar-refractivity contribution in [2.45, 2.75) is 6.92 Å². The smallest absolute Gasteiger partial charge is 0.270 e. The molecule has 7 heteroatoms. The summed E-state index contributed by atoms with van der Waals surface area (Å²) in [5, 5.41) is 18.7. The molecule has 1 atom stereocenters. The minimum atomic E-state index is -0.861. The molecule has 2 heterocycles. The van der Waals surface area contributed by atoms with E-state index in [-0.39, 0.29) is 11.1 Å². The van der Waals surface area contributed by atoms with Crippen LogP contribution >= 0.6 is 0 Å². The van der Waals surface area contributed by atoms with Crippen molar-refractivity contribution in [3.63, 3.8) is 0 Å². The van der Waals surface area contributed by atoms with Crippen LogP contribution in [0.15, 0.2) is 41.5 Å². The molecule has 0 radical (unpaired) electrons. The number of fused-ring (bicyclic) bond motifs is 1. The number of aromatic amines is 1. The van der Waals surface area contributed by atoms with Crippen LogP contribution in [0.1, 0.15) is 12.7 Å². The van der Waals surface area contributed by atoms with Gasteiger partial charge in [0.15, 0.2) is 0 Å². The highest BCUT2D eigenvalue weighted by Gasteiger charge is 2.36. The SMILES string of the molecule is CC1=C(C#N)C(=O)N(C)C(=O)[C@@H]1/C=C(\C#N)c1nc2ccccc2[nH]1. The number of likely N-dealkylation sites (N-methyl/N-ethyl adjacent to an activating group) is 1. The molecule has 0 saturated carbocycles. The second kappa shape index (κ2) is 6.06. The Hall–Kier alpha value is -3.71. The third-order valence-electron chi connectivity index (χ3n) is 4.19. The van der Waals surface area contributed by atoms with Crippen molar-refractivity contribution in [2.24, 2.45) is 5.92 Å². The molecule has 122 valence electrons. The van der Waals surface area contributed by atoms with E-state index in [2.05, 4.69) is 9.97 Å². The largest absolute Gasteiger partial charge is 0.337 e. The number of benzene rings is 1. The van der Waals surface area contributed by atoms with Crippen LogP contribution in [0.4, 0.5) is 0 Å². The number of allylic oxidation sites excluding steroid dienone is 1. The summed E-state index contributed by atoms with van der Waals surface area (Å²) in [7, 11) is 1.32. The van der Waals surface area contributed by atoms with Gasteiger partial charge in [0.25, 0.3) is 5.91 Å². The van der Waals surface area contributed by atoms with E-state index in [1.54, 1.807) is 6.92 Å². The number of aromatic nitrogens is 2. The molecule has 0 spiro atoms. The lowest BCUT2D eigenvalue weighted by atomic mass is 9.88. The number of carbonyl (C=O) groups is 2. The van der Waals surface area contributed by atoms with Crippen LogP contribution in [0.5, 0.6) is 0 Å². The highest BCUT2D eigenvalue weighted by atomic mass is 16.2. The number of nitrogens with zero attached hydrogens (tertiary/aromatic N) is 4. The molecule has 0 unspecified atom stereocenters. The second-order valence-electron chi connectivity index (χ2n) is 5.64. The van der Waals surface area contributed by atoms with Gasteiger partial charge in [-0.25, -0.2) is 4.98 Å². The average Bonchev–Trinajstić information content (AvgIpc) is 3.04. The Morgan fingerprint density at radius 2 is 2.04 bits per heavy atom. The predicted molar refractivity (Wildman–Crippen MR) is 89.3 cm³/mol. The topological polar surface area (TPSA) is 114 Å². The lowest BCUT2D eigenvalue weighted by molar-refractivity contribution is -0.143. The summed E-state index contributed by atoms with van der Waals surface area (Å²) in [6, 6.07) is 11.2. The minimum absolute atomic E-state index is 0.0785. The summed E-state index contributed by atoms with van der Waals surface area (Å²) in [6.45, 7) is 1.55. The normalized spacial score (nSPS) is 18.5.